The molecule has 0 bridgehead atoms. The summed E-state index contributed by atoms with van der Waals surface area (Å²) in [7, 11) is 6.52. The highest BCUT2D eigenvalue weighted by atomic mass is 79.9. The Morgan fingerprint density at radius 1 is 1.38 bits per heavy atom. The third-order valence-corrected chi connectivity index (χ3v) is 3.85. The van der Waals surface area contributed by atoms with Crippen molar-refractivity contribution in [1.82, 2.24) is 4.90 Å². The zero-order chi connectivity index (χ0) is 11.7. The summed E-state index contributed by atoms with van der Waals surface area (Å²) in [6.07, 6.45) is 2.49. The van der Waals surface area contributed by atoms with Crippen molar-refractivity contribution < 1.29 is 0 Å². The number of halogens is 1. The van der Waals surface area contributed by atoms with Crippen molar-refractivity contribution in [2.75, 3.05) is 32.6 Å². The van der Waals surface area contributed by atoms with Crippen molar-refractivity contribution in [2.45, 2.75) is 18.9 Å². The highest BCUT2D eigenvalue weighted by Gasteiger charge is 2.22. The van der Waals surface area contributed by atoms with Crippen LogP contribution in [0, 0.1) is 0 Å². The summed E-state index contributed by atoms with van der Waals surface area (Å²) in [5.74, 6) is 0. The van der Waals surface area contributed by atoms with Crippen LogP contribution in [0.1, 0.15) is 24.4 Å². The van der Waals surface area contributed by atoms with Crippen molar-refractivity contribution in [1.29, 1.82) is 0 Å². The molecule has 1 aliphatic heterocycles. The molecule has 88 valence electrons. The van der Waals surface area contributed by atoms with Gasteiger partial charge in [-0.15, -0.1) is 0 Å². The fourth-order valence-corrected chi connectivity index (χ4v) is 2.85. The number of nitrogens with zero attached hydrogens (tertiary/aromatic N) is 2. The molecule has 0 N–H and O–H groups in total. The van der Waals surface area contributed by atoms with Crippen LogP contribution in [0.2, 0.25) is 0 Å². The van der Waals surface area contributed by atoms with Crippen molar-refractivity contribution in [3.05, 3.63) is 28.2 Å². The Morgan fingerprint density at radius 3 is 2.81 bits per heavy atom. The van der Waals surface area contributed by atoms with E-state index >= 15 is 0 Å². The van der Waals surface area contributed by atoms with E-state index in [-0.39, 0.29) is 0 Å². The van der Waals surface area contributed by atoms with Gasteiger partial charge in [0.15, 0.2) is 0 Å². The van der Waals surface area contributed by atoms with Crippen LogP contribution in [0.3, 0.4) is 0 Å². The second kappa shape index (κ2) is 4.76. The van der Waals surface area contributed by atoms with Gasteiger partial charge in [0.05, 0.1) is 0 Å². The lowest BCUT2D eigenvalue weighted by Crippen LogP contribution is -2.20. The molecule has 0 spiro atoms. The lowest BCUT2D eigenvalue weighted by Gasteiger charge is -2.26. The molecule has 1 aromatic rings. The van der Waals surface area contributed by atoms with Crippen LogP contribution in [-0.2, 0) is 0 Å². The van der Waals surface area contributed by atoms with Gasteiger partial charge in [0.1, 0.15) is 0 Å². The minimum Gasteiger partial charge on any atom is -0.374 e. The minimum atomic E-state index is 0.539. The van der Waals surface area contributed by atoms with Gasteiger partial charge in [-0.25, -0.2) is 0 Å². The van der Waals surface area contributed by atoms with E-state index in [1.807, 2.05) is 0 Å². The number of benzene rings is 1. The van der Waals surface area contributed by atoms with E-state index in [0.29, 0.717) is 6.04 Å². The van der Waals surface area contributed by atoms with Crippen LogP contribution in [0.15, 0.2) is 22.7 Å². The predicted octanol–water partition coefficient (Wildman–Crippen LogP) is 3.28. The number of anilines is 1. The molecule has 0 saturated carbocycles. The van der Waals surface area contributed by atoms with Crippen LogP contribution in [0.25, 0.3) is 0 Å². The lowest BCUT2D eigenvalue weighted by molar-refractivity contribution is 0.284. The van der Waals surface area contributed by atoms with E-state index in [1.165, 1.54) is 28.6 Å². The molecule has 1 aliphatic rings. The molecule has 1 aromatic carbocycles. The summed E-state index contributed by atoms with van der Waals surface area (Å²) in [6.45, 7) is 1.15. The summed E-state index contributed by atoms with van der Waals surface area (Å²) in [6, 6.07) is 7.16. The molecule has 16 heavy (non-hydrogen) atoms. The minimum absolute atomic E-state index is 0.539. The SMILES string of the molecule is CN1CCCC(N(C)C)c2cc(Br)ccc21. The van der Waals surface area contributed by atoms with E-state index in [0.717, 1.165) is 6.54 Å². The summed E-state index contributed by atoms with van der Waals surface area (Å²) in [5, 5.41) is 0. The molecule has 0 aliphatic carbocycles. The smallest absolute Gasteiger partial charge is 0.0412 e. The van der Waals surface area contributed by atoms with Crippen molar-refractivity contribution in [3.63, 3.8) is 0 Å². The zero-order valence-corrected chi connectivity index (χ0v) is 11.8. The van der Waals surface area contributed by atoms with Gasteiger partial charge in [-0.1, -0.05) is 15.9 Å². The quantitative estimate of drug-likeness (QED) is 0.780. The van der Waals surface area contributed by atoms with Crippen molar-refractivity contribution in [2.24, 2.45) is 0 Å². The van der Waals surface area contributed by atoms with E-state index in [2.05, 4.69) is 65.1 Å². The lowest BCUT2D eigenvalue weighted by atomic mass is 10.0. The standard InChI is InChI=1S/C13H19BrN2/c1-15(2)12-5-4-8-16(3)13-7-6-10(14)9-11(12)13/h6-7,9,12H,4-5,8H2,1-3H3. The molecule has 2 rings (SSSR count). The average Bonchev–Trinajstić information content (AvgIpc) is 2.38. The van der Waals surface area contributed by atoms with Crippen molar-refractivity contribution >= 4 is 21.6 Å². The third-order valence-electron chi connectivity index (χ3n) is 3.35. The van der Waals surface area contributed by atoms with Gasteiger partial charge in [0, 0.05) is 29.8 Å². The maximum Gasteiger partial charge on any atom is 0.0412 e. The van der Waals surface area contributed by atoms with Gasteiger partial charge < -0.3 is 9.80 Å². The Hall–Kier alpha value is -0.540. The Morgan fingerprint density at radius 2 is 2.12 bits per heavy atom. The van der Waals surface area contributed by atoms with Gasteiger partial charge in [-0.3, -0.25) is 0 Å². The number of fused-ring (bicyclic) bond motifs is 1. The maximum absolute atomic E-state index is 3.58. The van der Waals surface area contributed by atoms with Gasteiger partial charge in [0.25, 0.3) is 0 Å². The molecule has 3 heteroatoms. The van der Waals surface area contributed by atoms with Gasteiger partial charge in [-0.2, -0.15) is 0 Å². The fourth-order valence-electron chi connectivity index (χ4n) is 2.47. The topological polar surface area (TPSA) is 6.48 Å². The highest BCUT2D eigenvalue weighted by Crippen LogP contribution is 2.36. The van der Waals surface area contributed by atoms with Crippen LogP contribution in [0.4, 0.5) is 5.69 Å². The molecule has 0 radical (unpaired) electrons. The van der Waals surface area contributed by atoms with Gasteiger partial charge in [0.2, 0.25) is 0 Å². The summed E-state index contributed by atoms with van der Waals surface area (Å²) < 4.78 is 1.17. The molecule has 0 saturated heterocycles. The monoisotopic (exact) mass is 282 g/mol. The van der Waals surface area contributed by atoms with Crippen molar-refractivity contribution in [3.8, 4) is 0 Å². The number of rotatable bonds is 1. The molecule has 1 atom stereocenters. The molecule has 0 fully saturated rings. The van der Waals surface area contributed by atoms with Crippen LogP contribution in [-0.4, -0.2) is 32.6 Å². The first kappa shape index (κ1) is 11.9. The zero-order valence-electron chi connectivity index (χ0n) is 10.2. The summed E-state index contributed by atoms with van der Waals surface area (Å²) >= 11 is 3.58. The number of hydrogen-bond acceptors (Lipinski definition) is 2. The Balaban J connectivity index is 2.48. The molecule has 1 unspecified atom stereocenters. The third kappa shape index (κ3) is 2.25. The van der Waals surface area contributed by atoms with Crippen LogP contribution in [0.5, 0.6) is 0 Å². The van der Waals surface area contributed by atoms with Crippen LogP contribution >= 0.6 is 15.9 Å². The Labute approximate surface area is 106 Å². The second-order valence-corrected chi connectivity index (χ2v) is 5.66. The summed E-state index contributed by atoms with van der Waals surface area (Å²) in [5.41, 5.74) is 2.82. The maximum atomic E-state index is 3.58. The molecule has 0 amide bonds. The predicted molar refractivity (Wildman–Crippen MR) is 73.1 cm³/mol. The molecular weight excluding hydrogens is 264 g/mol. The van der Waals surface area contributed by atoms with E-state index in [1.54, 1.807) is 0 Å². The van der Waals surface area contributed by atoms with Gasteiger partial charge >= 0.3 is 0 Å². The van der Waals surface area contributed by atoms with E-state index in [4.69, 9.17) is 0 Å². The molecule has 1 heterocycles. The highest BCUT2D eigenvalue weighted by molar-refractivity contribution is 9.10. The number of hydrogen-bond donors (Lipinski definition) is 0. The van der Waals surface area contributed by atoms with E-state index in [9.17, 15) is 0 Å². The Kier molecular flexibility index (Phi) is 3.55. The van der Waals surface area contributed by atoms with E-state index < -0.39 is 0 Å². The molecule has 2 nitrogen and oxygen atoms in total. The normalized spacial score (nSPS) is 20.8. The molecular formula is C13H19BrN2. The first-order chi connectivity index (χ1) is 7.59. The largest absolute Gasteiger partial charge is 0.374 e. The fraction of sp³-hybridized carbons (Fsp3) is 0.538. The summed E-state index contributed by atoms with van der Waals surface area (Å²) in [4.78, 5) is 4.69. The first-order valence-corrected chi connectivity index (χ1v) is 6.56. The average molecular weight is 283 g/mol. The second-order valence-electron chi connectivity index (χ2n) is 4.75. The van der Waals surface area contributed by atoms with Crippen LogP contribution < -0.4 is 4.90 Å². The Bertz CT molecular complexity index is 376. The van der Waals surface area contributed by atoms with Gasteiger partial charge in [-0.05, 0) is 50.7 Å². The molecule has 0 aromatic heterocycles. The first-order valence-electron chi connectivity index (χ1n) is 5.76.